The second-order valence-corrected chi connectivity index (χ2v) is 7.10. The minimum absolute atomic E-state index is 0.000269. The lowest BCUT2D eigenvalue weighted by Gasteiger charge is -2.25. The van der Waals surface area contributed by atoms with Crippen LogP contribution in [0.25, 0.3) is 6.08 Å². The van der Waals surface area contributed by atoms with Crippen LogP contribution >= 0.6 is 15.9 Å². The molecule has 1 amide bonds. The third-order valence-corrected chi connectivity index (χ3v) is 5.09. The molecule has 1 unspecified atom stereocenters. The molecule has 1 saturated heterocycles. The van der Waals surface area contributed by atoms with Crippen LogP contribution in [-0.4, -0.2) is 31.6 Å². The second-order valence-electron chi connectivity index (χ2n) is 6.19. The van der Waals surface area contributed by atoms with E-state index < -0.39 is 0 Å². The highest BCUT2D eigenvalue weighted by molar-refractivity contribution is 9.10. The average Bonchev–Trinajstić information content (AvgIpc) is 3.15. The fourth-order valence-electron chi connectivity index (χ4n) is 3.33. The van der Waals surface area contributed by atoms with Crippen molar-refractivity contribution in [2.24, 2.45) is 0 Å². The largest absolute Gasteiger partial charge is 0.497 e. The van der Waals surface area contributed by atoms with Crippen molar-refractivity contribution in [1.29, 1.82) is 0 Å². The summed E-state index contributed by atoms with van der Waals surface area (Å²) in [6.45, 7) is 0.743. The lowest BCUT2D eigenvalue weighted by molar-refractivity contribution is -0.126. The standard InChI is InChI=1S/C21H22BrNO3/c1-25-17-9-10-20(26-2)18(14-17)19-7-4-12-23(19)21(24)11-8-15-5-3-6-16(22)13-15/h3,5-6,8-11,13-14,19H,4,7,12H2,1-2H3. The molecule has 0 aliphatic carbocycles. The zero-order valence-corrected chi connectivity index (χ0v) is 16.5. The van der Waals surface area contributed by atoms with E-state index in [0.29, 0.717) is 0 Å². The third-order valence-electron chi connectivity index (χ3n) is 4.60. The number of amides is 1. The number of methoxy groups -OCH3 is 2. The quantitative estimate of drug-likeness (QED) is 0.655. The van der Waals surface area contributed by atoms with Gasteiger partial charge in [-0.2, -0.15) is 0 Å². The van der Waals surface area contributed by atoms with Gasteiger partial charge in [0.25, 0.3) is 0 Å². The van der Waals surface area contributed by atoms with Crippen LogP contribution in [0.2, 0.25) is 0 Å². The Kier molecular flexibility index (Phi) is 5.99. The average molecular weight is 416 g/mol. The van der Waals surface area contributed by atoms with Gasteiger partial charge in [0.1, 0.15) is 11.5 Å². The van der Waals surface area contributed by atoms with E-state index in [2.05, 4.69) is 15.9 Å². The molecule has 5 heteroatoms. The Morgan fingerprint density at radius 2 is 2.04 bits per heavy atom. The van der Waals surface area contributed by atoms with Crippen LogP contribution in [0.5, 0.6) is 11.5 Å². The topological polar surface area (TPSA) is 38.8 Å². The van der Waals surface area contributed by atoms with Gasteiger partial charge in [0.2, 0.25) is 5.91 Å². The molecule has 0 bridgehead atoms. The minimum Gasteiger partial charge on any atom is -0.497 e. The van der Waals surface area contributed by atoms with Crippen LogP contribution < -0.4 is 9.47 Å². The number of nitrogens with zero attached hydrogens (tertiary/aromatic N) is 1. The normalized spacial score (nSPS) is 16.9. The summed E-state index contributed by atoms with van der Waals surface area (Å²) in [5.41, 5.74) is 1.98. The van der Waals surface area contributed by atoms with Gasteiger partial charge in [-0.05, 0) is 54.8 Å². The van der Waals surface area contributed by atoms with Crippen LogP contribution in [0.15, 0.2) is 53.0 Å². The maximum Gasteiger partial charge on any atom is 0.247 e. The Bertz CT molecular complexity index is 819. The van der Waals surface area contributed by atoms with Crippen LogP contribution in [0, 0.1) is 0 Å². The third kappa shape index (κ3) is 4.10. The van der Waals surface area contributed by atoms with Gasteiger partial charge in [-0.3, -0.25) is 4.79 Å². The SMILES string of the molecule is COc1ccc(OC)c(C2CCCN2C(=O)C=Cc2cccc(Br)c2)c1. The first-order valence-corrected chi connectivity index (χ1v) is 9.38. The molecule has 4 nitrogen and oxygen atoms in total. The van der Waals surface area contributed by atoms with Crippen LogP contribution in [0.1, 0.15) is 30.0 Å². The second kappa shape index (κ2) is 8.41. The van der Waals surface area contributed by atoms with Crippen LogP contribution in [0.4, 0.5) is 0 Å². The Morgan fingerprint density at radius 1 is 1.19 bits per heavy atom. The number of carbonyl (C=O) groups excluding carboxylic acids is 1. The highest BCUT2D eigenvalue weighted by atomic mass is 79.9. The van der Waals surface area contributed by atoms with Crippen molar-refractivity contribution in [1.82, 2.24) is 4.90 Å². The summed E-state index contributed by atoms with van der Waals surface area (Å²) >= 11 is 3.45. The first-order chi connectivity index (χ1) is 12.6. The molecule has 26 heavy (non-hydrogen) atoms. The zero-order chi connectivity index (χ0) is 18.5. The van der Waals surface area contributed by atoms with Crippen molar-refractivity contribution in [3.8, 4) is 11.5 Å². The molecule has 1 aliphatic heterocycles. The van der Waals surface area contributed by atoms with E-state index in [1.807, 2.05) is 53.4 Å². The molecule has 0 spiro atoms. The molecular weight excluding hydrogens is 394 g/mol. The molecule has 1 aliphatic rings. The molecule has 1 heterocycles. The number of carbonyl (C=O) groups is 1. The summed E-state index contributed by atoms with van der Waals surface area (Å²) < 4.78 is 11.9. The number of ether oxygens (including phenoxy) is 2. The Labute approximate surface area is 162 Å². The van der Waals surface area contributed by atoms with Gasteiger partial charge in [-0.15, -0.1) is 0 Å². The van der Waals surface area contributed by atoms with E-state index in [1.165, 1.54) is 0 Å². The first-order valence-electron chi connectivity index (χ1n) is 8.58. The van der Waals surface area contributed by atoms with Crippen molar-refractivity contribution in [2.45, 2.75) is 18.9 Å². The Morgan fingerprint density at radius 3 is 2.77 bits per heavy atom. The van der Waals surface area contributed by atoms with Crippen molar-refractivity contribution in [3.05, 3.63) is 64.1 Å². The predicted molar refractivity (Wildman–Crippen MR) is 106 cm³/mol. The molecule has 3 rings (SSSR count). The Hall–Kier alpha value is -2.27. The van der Waals surface area contributed by atoms with Crippen molar-refractivity contribution >= 4 is 27.9 Å². The van der Waals surface area contributed by atoms with E-state index >= 15 is 0 Å². The number of halogens is 1. The summed E-state index contributed by atoms with van der Waals surface area (Å²) in [6, 6.07) is 13.6. The highest BCUT2D eigenvalue weighted by Crippen LogP contribution is 2.39. The van der Waals surface area contributed by atoms with Crippen molar-refractivity contribution in [2.75, 3.05) is 20.8 Å². The van der Waals surface area contributed by atoms with Gasteiger partial charge in [0.15, 0.2) is 0 Å². The first kappa shape index (κ1) is 18.5. The van der Waals surface area contributed by atoms with Crippen LogP contribution in [0.3, 0.4) is 0 Å². The number of hydrogen-bond donors (Lipinski definition) is 0. The lowest BCUT2D eigenvalue weighted by atomic mass is 10.0. The Balaban J connectivity index is 1.83. The molecule has 0 N–H and O–H groups in total. The molecule has 1 fully saturated rings. The maximum absolute atomic E-state index is 12.8. The monoisotopic (exact) mass is 415 g/mol. The number of hydrogen-bond acceptors (Lipinski definition) is 3. The van der Waals surface area contributed by atoms with E-state index in [9.17, 15) is 4.79 Å². The molecule has 2 aromatic carbocycles. The van der Waals surface area contributed by atoms with E-state index in [-0.39, 0.29) is 11.9 Å². The summed E-state index contributed by atoms with van der Waals surface area (Å²) in [5, 5.41) is 0. The summed E-state index contributed by atoms with van der Waals surface area (Å²) in [6.07, 6.45) is 5.39. The molecular formula is C21H22BrNO3. The molecule has 0 radical (unpaired) electrons. The minimum atomic E-state index is -0.000269. The number of benzene rings is 2. The molecule has 0 saturated carbocycles. The number of rotatable bonds is 5. The van der Waals surface area contributed by atoms with Crippen molar-refractivity contribution in [3.63, 3.8) is 0 Å². The van der Waals surface area contributed by atoms with Gasteiger partial charge in [-0.25, -0.2) is 0 Å². The van der Waals surface area contributed by atoms with Crippen LogP contribution in [-0.2, 0) is 4.79 Å². The van der Waals surface area contributed by atoms with Gasteiger partial charge < -0.3 is 14.4 Å². The van der Waals surface area contributed by atoms with E-state index in [4.69, 9.17) is 9.47 Å². The molecule has 2 aromatic rings. The number of likely N-dealkylation sites (tertiary alicyclic amines) is 1. The fourth-order valence-corrected chi connectivity index (χ4v) is 3.74. The maximum atomic E-state index is 12.8. The summed E-state index contributed by atoms with van der Waals surface area (Å²) in [5.74, 6) is 1.56. The van der Waals surface area contributed by atoms with Crippen molar-refractivity contribution < 1.29 is 14.3 Å². The molecule has 0 aromatic heterocycles. The smallest absolute Gasteiger partial charge is 0.247 e. The summed E-state index contributed by atoms with van der Waals surface area (Å²) in [4.78, 5) is 14.7. The van der Waals surface area contributed by atoms with Gasteiger partial charge in [-0.1, -0.05) is 28.1 Å². The van der Waals surface area contributed by atoms with Gasteiger partial charge >= 0.3 is 0 Å². The zero-order valence-electron chi connectivity index (χ0n) is 14.9. The van der Waals surface area contributed by atoms with E-state index in [0.717, 1.165) is 46.5 Å². The fraction of sp³-hybridized carbons (Fsp3) is 0.286. The lowest BCUT2D eigenvalue weighted by Crippen LogP contribution is -2.29. The molecule has 1 atom stereocenters. The van der Waals surface area contributed by atoms with Gasteiger partial charge in [0.05, 0.1) is 20.3 Å². The van der Waals surface area contributed by atoms with Gasteiger partial charge in [0, 0.05) is 22.7 Å². The highest BCUT2D eigenvalue weighted by Gasteiger charge is 2.31. The van der Waals surface area contributed by atoms with E-state index in [1.54, 1.807) is 20.3 Å². The predicted octanol–water partition coefficient (Wildman–Crippen LogP) is 4.84. The summed E-state index contributed by atoms with van der Waals surface area (Å²) in [7, 11) is 3.30. The molecule has 136 valence electrons.